The highest BCUT2D eigenvalue weighted by Crippen LogP contribution is 2.28. The van der Waals surface area contributed by atoms with Crippen molar-refractivity contribution in [1.82, 2.24) is 4.98 Å². The Balaban J connectivity index is 2.21. The third kappa shape index (κ3) is 3.42. The van der Waals surface area contributed by atoms with E-state index in [0.717, 1.165) is 11.3 Å². The zero-order chi connectivity index (χ0) is 14.0. The molecule has 0 aliphatic rings. The molecule has 0 aliphatic heterocycles. The van der Waals surface area contributed by atoms with Crippen LogP contribution in [0.15, 0.2) is 29.6 Å². The van der Waals surface area contributed by atoms with Crippen molar-refractivity contribution in [3.8, 4) is 11.3 Å². The molecule has 2 rings (SSSR count). The minimum absolute atomic E-state index is 0.0989. The molecule has 0 radical (unpaired) electrons. The molecular formula is C14H15BrN2OS. The molecule has 0 unspecified atom stereocenters. The van der Waals surface area contributed by atoms with Gasteiger partial charge in [0, 0.05) is 10.9 Å². The minimum Gasteiger partial charge on any atom is -0.301 e. The van der Waals surface area contributed by atoms with E-state index in [1.807, 2.05) is 23.6 Å². The van der Waals surface area contributed by atoms with E-state index in [0.29, 0.717) is 5.13 Å². The van der Waals surface area contributed by atoms with Crippen molar-refractivity contribution in [2.45, 2.75) is 25.1 Å². The molecule has 0 atom stereocenters. The van der Waals surface area contributed by atoms with Crippen molar-refractivity contribution in [2.24, 2.45) is 0 Å². The van der Waals surface area contributed by atoms with Crippen LogP contribution in [0.1, 0.15) is 19.4 Å². The number of hydrogen-bond acceptors (Lipinski definition) is 3. The van der Waals surface area contributed by atoms with Crippen LogP contribution in [0.25, 0.3) is 11.3 Å². The van der Waals surface area contributed by atoms with Gasteiger partial charge in [-0.15, -0.1) is 11.3 Å². The molecule has 0 saturated carbocycles. The van der Waals surface area contributed by atoms with Crippen LogP contribution in [0.5, 0.6) is 0 Å². The lowest BCUT2D eigenvalue weighted by Crippen LogP contribution is -2.30. The van der Waals surface area contributed by atoms with E-state index in [2.05, 4.69) is 39.2 Å². The number of nitrogens with zero attached hydrogens (tertiary/aromatic N) is 1. The van der Waals surface area contributed by atoms with E-state index in [4.69, 9.17) is 0 Å². The van der Waals surface area contributed by atoms with E-state index in [1.54, 1.807) is 13.8 Å². The average molecular weight is 339 g/mol. The van der Waals surface area contributed by atoms with Crippen molar-refractivity contribution in [2.75, 3.05) is 5.32 Å². The molecule has 1 aromatic carbocycles. The lowest BCUT2D eigenvalue weighted by atomic mass is 10.1. The fourth-order valence-electron chi connectivity index (χ4n) is 1.56. The van der Waals surface area contributed by atoms with Crippen LogP contribution in [0.3, 0.4) is 0 Å². The molecule has 0 spiro atoms. The molecule has 0 fully saturated rings. The van der Waals surface area contributed by atoms with Gasteiger partial charge in [0.05, 0.1) is 10.0 Å². The molecule has 1 N–H and O–H groups in total. The Morgan fingerprint density at radius 2 is 2.05 bits per heavy atom. The van der Waals surface area contributed by atoms with Crippen LogP contribution in [-0.4, -0.2) is 15.2 Å². The lowest BCUT2D eigenvalue weighted by molar-refractivity contribution is -0.117. The quantitative estimate of drug-likeness (QED) is 0.851. The Labute approximate surface area is 125 Å². The predicted molar refractivity (Wildman–Crippen MR) is 83.9 cm³/mol. The molecule has 2 aromatic rings. The summed E-state index contributed by atoms with van der Waals surface area (Å²) in [6.45, 7) is 5.66. The van der Waals surface area contributed by atoms with Crippen LogP contribution in [0, 0.1) is 6.92 Å². The van der Waals surface area contributed by atoms with Gasteiger partial charge < -0.3 is 5.32 Å². The first-order valence-corrected chi connectivity index (χ1v) is 7.57. The summed E-state index contributed by atoms with van der Waals surface area (Å²) in [6.07, 6.45) is 0. The second kappa shape index (κ2) is 5.43. The summed E-state index contributed by atoms with van der Waals surface area (Å²) < 4.78 is -0.596. The molecule has 100 valence electrons. The monoisotopic (exact) mass is 338 g/mol. The Kier molecular flexibility index (Phi) is 4.06. The van der Waals surface area contributed by atoms with Gasteiger partial charge >= 0.3 is 0 Å². The number of aromatic nitrogens is 1. The van der Waals surface area contributed by atoms with E-state index >= 15 is 0 Å². The van der Waals surface area contributed by atoms with Crippen LogP contribution in [0.2, 0.25) is 0 Å². The Morgan fingerprint density at radius 1 is 1.37 bits per heavy atom. The van der Waals surface area contributed by atoms with Gasteiger partial charge in [-0.3, -0.25) is 4.79 Å². The van der Waals surface area contributed by atoms with Gasteiger partial charge in [-0.1, -0.05) is 40.2 Å². The average Bonchev–Trinajstić information content (AvgIpc) is 2.76. The Hall–Kier alpha value is -1.20. The molecule has 19 heavy (non-hydrogen) atoms. The molecular weight excluding hydrogens is 324 g/mol. The fourth-order valence-corrected chi connectivity index (χ4v) is 2.37. The molecule has 0 bridgehead atoms. The number of rotatable bonds is 3. The summed E-state index contributed by atoms with van der Waals surface area (Å²) in [7, 11) is 0. The Morgan fingerprint density at radius 3 is 2.68 bits per heavy atom. The number of aryl methyl sites for hydroxylation is 1. The Bertz CT molecular complexity index is 601. The van der Waals surface area contributed by atoms with E-state index < -0.39 is 4.32 Å². The van der Waals surface area contributed by atoms with E-state index in [9.17, 15) is 4.79 Å². The molecule has 5 heteroatoms. The molecule has 3 nitrogen and oxygen atoms in total. The maximum atomic E-state index is 11.9. The van der Waals surface area contributed by atoms with Crippen LogP contribution in [-0.2, 0) is 4.79 Å². The number of hydrogen-bond donors (Lipinski definition) is 1. The van der Waals surface area contributed by atoms with Gasteiger partial charge in [0.15, 0.2) is 5.13 Å². The molecule has 0 aliphatic carbocycles. The SMILES string of the molecule is Cc1ccccc1-c1csc(NC(=O)C(C)(C)Br)n1. The second-order valence-corrected chi connectivity index (χ2v) is 7.62. The number of anilines is 1. The lowest BCUT2D eigenvalue weighted by Gasteiger charge is -2.13. The largest absolute Gasteiger partial charge is 0.301 e. The summed E-state index contributed by atoms with van der Waals surface area (Å²) in [4.78, 5) is 16.3. The van der Waals surface area contributed by atoms with Crippen LogP contribution in [0.4, 0.5) is 5.13 Å². The fraction of sp³-hybridized carbons (Fsp3) is 0.286. The summed E-state index contributed by atoms with van der Waals surface area (Å²) >= 11 is 4.76. The van der Waals surface area contributed by atoms with Gasteiger partial charge in [0.2, 0.25) is 5.91 Å². The van der Waals surface area contributed by atoms with Crippen molar-refractivity contribution >= 4 is 38.3 Å². The standard InChI is InChI=1S/C14H15BrN2OS/c1-9-6-4-5-7-10(9)11-8-19-13(16-11)17-12(18)14(2,3)15/h4-8H,1-3H3,(H,16,17,18). The summed E-state index contributed by atoms with van der Waals surface area (Å²) in [5.74, 6) is -0.0989. The van der Waals surface area contributed by atoms with Crippen LogP contribution >= 0.6 is 27.3 Å². The third-order valence-electron chi connectivity index (χ3n) is 2.69. The zero-order valence-electron chi connectivity index (χ0n) is 11.0. The minimum atomic E-state index is -0.596. The van der Waals surface area contributed by atoms with E-state index in [-0.39, 0.29) is 5.91 Å². The van der Waals surface area contributed by atoms with Crippen LogP contribution < -0.4 is 5.32 Å². The smallest absolute Gasteiger partial charge is 0.242 e. The highest BCUT2D eigenvalue weighted by atomic mass is 79.9. The molecule has 1 heterocycles. The van der Waals surface area contributed by atoms with Gasteiger partial charge in [-0.25, -0.2) is 4.98 Å². The van der Waals surface area contributed by atoms with Gasteiger partial charge in [-0.05, 0) is 26.3 Å². The third-order valence-corrected chi connectivity index (χ3v) is 3.80. The summed E-state index contributed by atoms with van der Waals surface area (Å²) in [6, 6.07) is 8.07. The number of carbonyl (C=O) groups is 1. The van der Waals surface area contributed by atoms with Gasteiger partial charge in [-0.2, -0.15) is 0 Å². The zero-order valence-corrected chi connectivity index (χ0v) is 13.4. The first-order valence-electron chi connectivity index (χ1n) is 5.90. The first kappa shape index (κ1) is 14.2. The highest BCUT2D eigenvalue weighted by Gasteiger charge is 2.24. The maximum absolute atomic E-state index is 11.9. The predicted octanol–water partition coefficient (Wildman–Crippen LogP) is 4.23. The van der Waals surface area contributed by atoms with Crippen molar-refractivity contribution in [1.29, 1.82) is 0 Å². The number of halogens is 1. The first-order chi connectivity index (χ1) is 8.88. The maximum Gasteiger partial charge on any atom is 0.242 e. The van der Waals surface area contributed by atoms with E-state index in [1.165, 1.54) is 16.9 Å². The van der Waals surface area contributed by atoms with Crippen molar-refractivity contribution in [3.63, 3.8) is 0 Å². The number of nitrogens with one attached hydrogen (secondary N) is 1. The van der Waals surface area contributed by atoms with Crippen molar-refractivity contribution < 1.29 is 4.79 Å². The van der Waals surface area contributed by atoms with Gasteiger partial charge in [0.1, 0.15) is 0 Å². The molecule has 1 aromatic heterocycles. The molecule has 1 amide bonds. The topological polar surface area (TPSA) is 42.0 Å². The number of carbonyl (C=O) groups excluding carboxylic acids is 1. The summed E-state index contributed by atoms with van der Waals surface area (Å²) in [5, 5.41) is 5.39. The summed E-state index contributed by atoms with van der Waals surface area (Å²) in [5.41, 5.74) is 3.16. The second-order valence-electron chi connectivity index (χ2n) is 4.78. The highest BCUT2D eigenvalue weighted by molar-refractivity contribution is 9.10. The van der Waals surface area contributed by atoms with Gasteiger partial charge in [0.25, 0.3) is 0 Å². The van der Waals surface area contributed by atoms with Crippen molar-refractivity contribution in [3.05, 3.63) is 35.2 Å². The number of benzene rings is 1. The number of thiazole rings is 1. The number of amides is 1. The number of alkyl halides is 1. The normalized spacial score (nSPS) is 11.4. The molecule has 0 saturated heterocycles.